The summed E-state index contributed by atoms with van der Waals surface area (Å²) in [6, 6.07) is 19.2. The van der Waals surface area contributed by atoms with Gasteiger partial charge in [0.25, 0.3) is 0 Å². The Morgan fingerprint density at radius 3 is 1.97 bits per heavy atom. The molecule has 0 fully saturated rings. The van der Waals surface area contributed by atoms with E-state index in [0.29, 0.717) is 5.56 Å². The Hall–Kier alpha value is -4.00. The molecule has 0 unspecified atom stereocenters. The first-order valence-electron chi connectivity index (χ1n) is 11.0. The Balaban J connectivity index is 1.66. The molecule has 1 aliphatic carbocycles. The van der Waals surface area contributed by atoms with E-state index in [1.54, 1.807) is 12.1 Å². The lowest BCUT2D eigenvalue weighted by atomic mass is 9.89. The molecule has 0 radical (unpaired) electrons. The van der Waals surface area contributed by atoms with Crippen LogP contribution in [-0.4, -0.2) is 37.0 Å². The third kappa shape index (κ3) is 4.69. The van der Waals surface area contributed by atoms with Crippen molar-refractivity contribution in [1.82, 2.24) is 10.6 Å². The fraction of sp³-hybridized carbons (Fsp3) is 0.222. The van der Waals surface area contributed by atoms with Crippen molar-refractivity contribution in [2.24, 2.45) is 0 Å². The highest BCUT2D eigenvalue weighted by Gasteiger charge is 2.40. The minimum absolute atomic E-state index is 0.136. The zero-order chi connectivity index (χ0) is 24.2. The summed E-state index contributed by atoms with van der Waals surface area (Å²) in [5.41, 5.74) is 4.48. The minimum atomic E-state index is -1.01. The molecule has 3 aromatic rings. The number of carbonyl (C=O) groups excluding carboxylic acids is 3. The Morgan fingerprint density at radius 2 is 1.44 bits per heavy atom. The lowest BCUT2D eigenvalue weighted by molar-refractivity contribution is -0.145. The number of methoxy groups -OCH3 is 1. The van der Waals surface area contributed by atoms with E-state index in [2.05, 4.69) is 10.6 Å². The minimum Gasteiger partial charge on any atom is -0.467 e. The van der Waals surface area contributed by atoms with Crippen LogP contribution in [0.5, 0.6) is 0 Å². The van der Waals surface area contributed by atoms with Gasteiger partial charge < -0.3 is 15.4 Å². The molecule has 6 nitrogen and oxygen atoms in total. The van der Waals surface area contributed by atoms with Crippen LogP contribution >= 0.6 is 0 Å². The van der Waals surface area contributed by atoms with Crippen molar-refractivity contribution in [2.45, 2.75) is 31.3 Å². The fourth-order valence-electron chi connectivity index (χ4n) is 4.52. The SMILES string of the molecule is COC(=O)[C@@H](NC(=O)[C@H](Cc1ccc(F)cc1)NC(C)=O)C1c2ccccc2-c2ccccc21. The summed E-state index contributed by atoms with van der Waals surface area (Å²) in [6.45, 7) is 1.31. The van der Waals surface area contributed by atoms with Gasteiger partial charge in [-0.2, -0.15) is 0 Å². The number of ether oxygens (including phenoxy) is 1. The number of halogens is 1. The van der Waals surface area contributed by atoms with Crippen LogP contribution in [0.2, 0.25) is 0 Å². The first-order chi connectivity index (χ1) is 16.4. The molecule has 0 spiro atoms. The van der Waals surface area contributed by atoms with E-state index in [4.69, 9.17) is 4.74 Å². The molecule has 2 N–H and O–H groups in total. The van der Waals surface area contributed by atoms with Crippen molar-refractivity contribution < 1.29 is 23.5 Å². The number of fused-ring (bicyclic) bond motifs is 3. The van der Waals surface area contributed by atoms with Gasteiger partial charge in [0.1, 0.15) is 17.9 Å². The summed E-state index contributed by atoms with van der Waals surface area (Å²) in [6.07, 6.45) is 0.136. The third-order valence-corrected chi connectivity index (χ3v) is 6.02. The van der Waals surface area contributed by atoms with Crippen molar-refractivity contribution >= 4 is 17.8 Å². The molecular weight excluding hydrogens is 435 g/mol. The predicted molar refractivity (Wildman–Crippen MR) is 125 cm³/mol. The Labute approximate surface area is 197 Å². The van der Waals surface area contributed by atoms with Gasteiger partial charge in [0, 0.05) is 19.3 Å². The molecule has 0 bridgehead atoms. The van der Waals surface area contributed by atoms with Gasteiger partial charge in [-0.1, -0.05) is 60.7 Å². The van der Waals surface area contributed by atoms with Gasteiger partial charge in [-0.05, 0) is 39.9 Å². The monoisotopic (exact) mass is 460 g/mol. The maximum Gasteiger partial charge on any atom is 0.329 e. The molecular formula is C27H25FN2O4. The van der Waals surface area contributed by atoms with Gasteiger partial charge in [-0.25, -0.2) is 9.18 Å². The van der Waals surface area contributed by atoms with Crippen molar-refractivity contribution in [2.75, 3.05) is 7.11 Å². The molecule has 0 saturated carbocycles. The van der Waals surface area contributed by atoms with E-state index in [9.17, 15) is 18.8 Å². The molecule has 2 atom stereocenters. The molecule has 3 aromatic carbocycles. The Morgan fingerprint density at radius 1 is 0.882 bits per heavy atom. The third-order valence-electron chi connectivity index (χ3n) is 6.02. The van der Waals surface area contributed by atoms with Gasteiger partial charge in [-0.15, -0.1) is 0 Å². The molecule has 2 amide bonds. The number of benzene rings is 3. The summed E-state index contributed by atoms with van der Waals surface area (Å²) in [4.78, 5) is 38.1. The Kier molecular flexibility index (Phi) is 6.72. The van der Waals surface area contributed by atoms with Crippen LogP contribution in [-0.2, 0) is 25.5 Å². The second-order valence-electron chi connectivity index (χ2n) is 8.25. The fourth-order valence-corrected chi connectivity index (χ4v) is 4.52. The topological polar surface area (TPSA) is 84.5 Å². The standard InChI is InChI=1S/C27H25FN2O4/c1-16(31)29-23(15-17-11-13-18(28)14-12-17)26(32)30-25(27(33)34-2)24-21-9-5-3-7-19(21)20-8-4-6-10-22(20)24/h3-14,23-25H,15H2,1-2H3,(H,29,31)(H,30,32)/t23-,25-/m0/s1. The van der Waals surface area contributed by atoms with E-state index in [0.717, 1.165) is 22.3 Å². The molecule has 4 rings (SSSR count). The van der Waals surface area contributed by atoms with Gasteiger partial charge in [0.2, 0.25) is 11.8 Å². The molecule has 0 heterocycles. The maximum atomic E-state index is 13.4. The summed E-state index contributed by atoms with van der Waals surface area (Å²) in [5.74, 6) is -2.36. The van der Waals surface area contributed by atoms with Crippen LogP contribution in [0, 0.1) is 5.82 Å². The van der Waals surface area contributed by atoms with Crippen LogP contribution in [0.1, 0.15) is 29.5 Å². The molecule has 0 saturated heterocycles. The van der Waals surface area contributed by atoms with Crippen molar-refractivity contribution in [3.8, 4) is 11.1 Å². The number of hydrogen-bond donors (Lipinski definition) is 2. The average molecular weight is 461 g/mol. The van der Waals surface area contributed by atoms with Crippen LogP contribution in [0.25, 0.3) is 11.1 Å². The maximum absolute atomic E-state index is 13.4. The summed E-state index contributed by atoms with van der Waals surface area (Å²) < 4.78 is 18.4. The number of rotatable bonds is 7. The van der Waals surface area contributed by atoms with E-state index in [1.807, 2.05) is 48.5 Å². The van der Waals surface area contributed by atoms with E-state index < -0.39 is 41.6 Å². The molecule has 174 valence electrons. The van der Waals surface area contributed by atoms with E-state index >= 15 is 0 Å². The average Bonchev–Trinajstić information content (AvgIpc) is 3.17. The van der Waals surface area contributed by atoms with Crippen molar-refractivity contribution in [3.63, 3.8) is 0 Å². The lowest BCUT2D eigenvalue weighted by Crippen LogP contribution is -2.54. The van der Waals surface area contributed by atoms with Crippen LogP contribution in [0.3, 0.4) is 0 Å². The van der Waals surface area contributed by atoms with Gasteiger partial charge >= 0.3 is 5.97 Å². The number of hydrogen-bond acceptors (Lipinski definition) is 4. The first-order valence-corrected chi connectivity index (χ1v) is 11.0. The second-order valence-corrected chi connectivity index (χ2v) is 8.25. The molecule has 34 heavy (non-hydrogen) atoms. The van der Waals surface area contributed by atoms with Crippen LogP contribution in [0.4, 0.5) is 4.39 Å². The van der Waals surface area contributed by atoms with Gasteiger partial charge in [-0.3, -0.25) is 9.59 Å². The highest BCUT2D eigenvalue weighted by Crippen LogP contribution is 2.46. The van der Waals surface area contributed by atoms with Crippen molar-refractivity contribution in [3.05, 3.63) is 95.3 Å². The summed E-state index contributed by atoms with van der Waals surface area (Å²) in [5, 5.41) is 5.46. The van der Waals surface area contributed by atoms with Gasteiger partial charge in [0.05, 0.1) is 7.11 Å². The highest BCUT2D eigenvalue weighted by molar-refractivity contribution is 5.92. The Bertz CT molecular complexity index is 1180. The number of nitrogens with one attached hydrogen (secondary N) is 2. The molecule has 7 heteroatoms. The molecule has 1 aliphatic rings. The summed E-state index contributed by atoms with van der Waals surface area (Å²) in [7, 11) is 1.28. The number of esters is 1. The van der Waals surface area contributed by atoms with Crippen LogP contribution < -0.4 is 10.6 Å². The highest BCUT2D eigenvalue weighted by atomic mass is 19.1. The van der Waals surface area contributed by atoms with E-state index in [1.165, 1.54) is 26.2 Å². The normalized spacial score (nSPS) is 13.9. The largest absolute Gasteiger partial charge is 0.467 e. The zero-order valence-electron chi connectivity index (χ0n) is 18.9. The van der Waals surface area contributed by atoms with Gasteiger partial charge in [0.15, 0.2) is 0 Å². The molecule has 0 aromatic heterocycles. The number of carbonyl (C=O) groups is 3. The number of amides is 2. The second kappa shape index (κ2) is 9.87. The predicted octanol–water partition coefficient (Wildman–Crippen LogP) is 3.34. The smallest absolute Gasteiger partial charge is 0.329 e. The van der Waals surface area contributed by atoms with E-state index in [-0.39, 0.29) is 6.42 Å². The summed E-state index contributed by atoms with van der Waals surface area (Å²) >= 11 is 0. The van der Waals surface area contributed by atoms with Crippen molar-refractivity contribution in [1.29, 1.82) is 0 Å². The molecule has 0 aliphatic heterocycles. The zero-order valence-corrected chi connectivity index (χ0v) is 18.9. The quantitative estimate of drug-likeness (QED) is 0.530. The first kappa shape index (κ1) is 23.2. The lowest BCUT2D eigenvalue weighted by Gasteiger charge is -2.27. The van der Waals surface area contributed by atoms with Crippen LogP contribution in [0.15, 0.2) is 72.8 Å².